The molecule has 1 heterocycles. The number of nitrogens with one attached hydrogen (secondary N) is 1. The van der Waals surface area contributed by atoms with Gasteiger partial charge in [-0.1, -0.05) is 25.1 Å². The maximum absolute atomic E-state index is 11.3. The Morgan fingerprint density at radius 2 is 2.33 bits per heavy atom. The number of carbonyl (C=O) groups excluding carboxylic acids is 1. The lowest BCUT2D eigenvalue weighted by Crippen LogP contribution is -2.37. The van der Waals surface area contributed by atoms with E-state index in [1.807, 2.05) is 24.3 Å². The molecule has 1 aliphatic heterocycles. The number of para-hydroxylation sites is 1. The summed E-state index contributed by atoms with van der Waals surface area (Å²) in [6.07, 6.45) is 0.819. The molecular formula is C15H21N3O3. The van der Waals surface area contributed by atoms with Crippen LogP contribution in [0, 0.1) is 5.92 Å². The van der Waals surface area contributed by atoms with Crippen molar-refractivity contribution in [2.45, 2.75) is 19.4 Å². The number of hydrogen-bond acceptors (Lipinski definition) is 4. The van der Waals surface area contributed by atoms with Gasteiger partial charge in [-0.2, -0.15) is 0 Å². The maximum atomic E-state index is 11.3. The number of fused-ring (bicyclic) bond motifs is 1. The van der Waals surface area contributed by atoms with Crippen molar-refractivity contribution in [3.63, 3.8) is 0 Å². The summed E-state index contributed by atoms with van der Waals surface area (Å²) >= 11 is 0. The molecule has 1 aromatic carbocycles. The zero-order valence-corrected chi connectivity index (χ0v) is 12.3. The molecule has 2 atom stereocenters. The van der Waals surface area contributed by atoms with Gasteiger partial charge in [0.1, 0.15) is 5.75 Å². The number of esters is 1. The molecule has 2 unspecified atom stereocenters. The lowest BCUT2D eigenvalue weighted by Gasteiger charge is -2.27. The third-order valence-electron chi connectivity index (χ3n) is 3.42. The predicted molar refractivity (Wildman–Crippen MR) is 80.1 cm³/mol. The van der Waals surface area contributed by atoms with Gasteiger partial charge < -0.3 is 20.5 Å². The molecule has 0 spiro atoms. The fourth-order valence-electron chi connectivity index (χ4n) is 2.23. The molecule has 1 aliphatic rings. The Hall–Kier alpha value is -2.24. The van der Waals surface area contributed by atoms with E-state index >= 15 is 0 Å². The van der Waals surface area contributed by atoms with E-state index < -0.39 is 0 Å². The van der Waals surface area contributed by atoms with Crippen molar-refractivity contribution in [2.75, 3.05) is 20.3 Å². The molecule has 21 heavy (non-hydrogen) atoms. The number of rotatable bonds is 4. The first kappa shape index (κ1) is 15.2. The molecule has 0 aromatic heterocycles. The van der Waals surface area contributed by atoms with E-state index in [0.717, 1.165) is 17.7 Å². The highest BCUT2D eigenvalue weighted by Crippen LogP contribution is 2.31. The smallest absolute Gasteiger partial charge is 0.310 e. The summed E-state index contributed by atoms with van der Waals surface area (Å²) in [5.74, 6) is 0.602. The quantitative estimate of drug-likeness (QED) is 0.495. The van der Waals surface area contributed by atoms with E-state index in [4.69, 9.17) is 10.5 Å². The van der Waals surface area contributed by atoms with Crippen LogP contribution in [0.15, 0.2) is 29.3 Å². The number of carbonyl (C=O) groups is 1. The van der Waals surface area contributed by atoms with Gasteiger partial charge in [-0.25, -0.2) is 0 Å². The SMILES string of the molecule is COC(=O)C(C)CN=C(N)NC1CCOc2ccccc21. The van der Waals surface area contributed by atoms with Crippen molar-refractivity contribution in [3.8, 4) is 5.75 Å². The van der Waals surface area contributed by atoms with E-state index in [2.05, 4.69) is 15.0 Å². The van der Waals surface area contributed by atoms with Crippen LogP contribution in [0.2, 0.25) is 0 Å². The van der Waals surface area contributed by atoms with E-state index in [1.165, 1.54) is 7.11 Å². The average Bonchev–Trinajstić information content (AvgIpc) is 2.52. The Kier molecular flexibility index (Phi) is 5.03. The van der Waals surface area contributed by atoms with Crippen molar-refractivity contribution in [1.29, 1.82) is 0 Å². The summed E-state index contributed by atoms with van der Waals surface area (Å²) in [5.41, 5.74) is 6.97. The molecule has 1 aromatic rings. The van der Waals surface area contributed by atoms with Crippen LogP contribution in [-0.4, -0.2) is 32.2 Å². The Morgan fingerprint density at radius 3 is 3.10 bits per heavy atom. The first-order valence-corrected chi connectivity index (χ1v) is 6.98. The monoisotopic (exact) mass is 291 g/mol. The Labute approximate surface area is 124 Å². The van der Waals surface area contributed by atoms with Gasteiger partial charge in [0.25, 0.3) is 0 Å². The van der Waals surface area contributed by atoms with Gasteiger partial charge in [0, 0.05) is 12.0 Å². The average molecular weight is 291 g/mol. The van der Waals surface area contributed by atoms with Gasteiger partial charge >= 0.3 is 5.97 Å². The van der Waals surface area contributed by atoms with Crippen LogP contribution in [0.25, 0.3) is 0 Å². The summed E-state index contributed by atoms with van der Waals surface area (Å²) in [4.78, 5) is 15.5. The van der Waals surface area contributed by atoms with E-state index in [9.17, 15) is 4.79 Å². The topological polar surface area (TPSA) is 85.9 Å². The minimum absolute atomic E-state index is 0.0760. The van der Waals surface area contributed by atoms with Crippen LogP contribution in [0.4, 0.5) is 0 Å². The number of benzene rings is 1. The molecule has 0 saturated carbocycles. The number of aliphatic imine (C=N–C) groups is 1. The van der Waals surface area contributed by atoms with Gasteiger partial charge in [-0.15, -0.1) is 0 Å². The van der Waals surface area contributed by atoms with Crippen molar-refractivity contribution >= 4 is 11.9 Å². The zero-order chi connectivity index (χ0) is 15.2. The van der Waals surface area contributed by atoms with E-state index in [-0.39, 0.29) is 17.9 Å². The number of hydrogen-bond donors (Lipinski definition) is 2. The van der Waals surface area contributed by atoms with Crippen LogP contribution in [0.5, 0.6) is 5.75 Å². The minimum Gasteiger partial charge on any atom is -0.493 e. The summed E-state index contributed by atoms with van der Waals surface area (Å²) in [6.45, 7) is 2.70. The van der Waals surface area contributed by atoms with Crippen LogP contribution >= 0.6 is 0 Å². The molecule has 114 valence electrons. The molecule has 0 radical (unpaired) electrons. The van der Waals surface area contributed by atoms with Gasteiger partial charge in [-0.3, -0.25) is 9.79 Å². The molecular weight excluding hydrogens is 270 g/mol. The van der Waals surface area contributed by atoms with Gasteiger partial charge in [-0.05, 0) is 6.07 Å². The summed E-state index contributed by atoms with van der Waals surface area (Å²) in [5, 5.41) is 3.18. The highest BCUT2D eigenvalue weighted by atomic mass is 16.5. The maximum Gasteiger partial charge on any atom is 0.310 e. The minimum atomic E-state index is -0.308. The molecule has 0 fully saturated rings. The highest BCUT2D eigenvalue weighted by Gasteiger charge is 2.21. The fraction of sp³-hybridized carbons (Fsp3) is 0.467. The Bertz CT molecular complexity index is 531. The molecule has 6 heteroatoms. The zero-order valence-electron chi connectivity index (χ0n) is 12.3. The number of ether oxygens (including phenoxy) is 2. The van der Waals surface area contributed by atoms with Crippen molar-refractivity contribution in [1.82, 2.24) is 5.32 Å². The lowest BCUT2D eigenvalue weighted by atomic mass is 10.0. The number of nitrogens with two attached hydrogens (primary N) is 1. The van der Waals surface area contributed by atoms with Crippen LogP contribution in [0.3, 0.4) is 0 Å². The number of methoxy groups -OCH3 is 1. The molecule has 0 amide bonds. The molecule has 6 nitrogen and oxygen atoms in total. The van der Waals surface area contributed by atoms with Crippen molar-refractivity contribution in [3.05, 3.63) is 29.8 Å². The standard InChI is InChI=1S/C15H21N3O3/c1-10(14(19)20-2)9-17-15(16)18-12-7-8-21-13-6-4-3-5-11(12)13/h3-6,10,12H,7-9H2,1-2H3,(H3,16,17,18). The number of guanidine groups is 1. The molecule has 0 aliphatic carbocycles. The summed E-state index contributed by atoms with van der Waals surface area (Å²) in [7, 11) is 1.36. The molecule has 0 bridgehead atoms. The largest absolute Gasteiger partial charge is 0.493 e. The van der Waals surface area contributed by atoms with E-state index in [1.54, 1.807) is 6.92 Å². The number of nitrogens with zero attached hydrogens (tertiary/aromatic N) is 1. The van der Waals surface area contributed by atoms with E-state index in [0.29, 0.717) is 19.1 Å². The Morgan fingerprint density at radius 1 is 1.57 bits per heavy atom. The van der Waals surface area contributed by atoms with Crippen LogP contribution in [0.1, 0.15) is 24.9 Å². The third kappa shape index (κ3) is 3.87. The summed E-state index contributed by atoms with van der Waals surface area (Å²) < 4.78 is 10.3. The third-order valence-corrected chi connectivity index (χ3v) is 3.42. The predicted octanol–water partition coefficient (Wildman–Crippen LogP) is 1.22. The first-order chi connectivity index (χ1) is 10.1. The van der Waals surface area contributed by atoms with Gasteiger partial charge in [0.2, 0.25) is 0 Å². The molecule has 3 N–H and O–H groups in total. The molecule has 0 saturated heterocycles. The second kappa shape index (κ2) is 6.97. The van der Waals surface area contributed by atoms with Crippen molar-refractivity contribution < 1.29 is 14.3 Å². The van der Waals surface area contributed by atoms with Crippen LogP contribution in [-0.2, 0) is 9.53 Å². The fourth-order valence-corrected chi connectivity index (χ4v) is 2.23. The second-order valence-corrected chi connectivity index (χ2v) is 5.02. The normalized spacial score (nSPS) is 19.1. The molecule has 2 rings (SSSR count). The van der Waals surface area contributed by atoms with Gasteiger partial charge in [0.15, 0.2) is 5.96 Å². The van der Waals surface area contributed by atoms with Gasteiger partial charge in [0.05, 0.1) is 32.2 Å². The van der Waals surface area contributed by atoms with Crippen molar-refractivity contribution in [2.24, 2.45) is 16.6 Å². The highest BCUT2D eigenvalue weighted by molar-refractivity contribution is 5.79. The van der Waals surface area contributed by atoms with Crippen LogP contribution < -0.4 is 15.8 Å². The second-order valence-electron chi connectivity index (χ2n) is 5.02. The summed E-state index contributed by atoms with van der Waals surface area (Å²) in [6, 6.07) is 7.94. The first-order valence-electron chi connectivity index (χ1n) is 6.98. The lowest BCUT2D eigenvalue weighted by molar-refractivity contribution is -0.144. The Balaban J connectivity index is 1.97.